The predicted octanol–water partition coefficient (Wildman–Crippen LogP) is 5.49. The number of amides is 1. The van der Waals surface area contributed by atoms with Crippen LogP contribution in [0, 0.1) is 0 Å². The van der Waals surface area contributed by atoms with Crippen LogP contribution in [0.2, 0.25) is 5.02 Å². The number of fused-ring (bicyclic) bond motifs is 1. The predicted molar refractivity (Wildman–Crippen MR) is 110 cm³/mol. The topological polar surface area (TPSA) is 59.6 Å². The van der Waals surface area contributed by atoms with Gasteiger partial charge in [0.25, 0.3) is 5.91 Å². The maximum absolute atomic E-state index is 12.5. The number of benzene rings is 3. The van der Waals surface area contributed by atoms with Crippen molar-refractivity contribution in [3.05, 3.63) is 82.9 Å². The fourth-order valence-electron chi connectivity index (χ4n) is 3.03. The second-order valence-corrected chi connectivity index (χ2v) is 6.91. The molecule has 1 aliphatic heterocycles. The summed E-state index contributed by atoms with van der Waals surface area (Å²) in [5.41, 5.74) is 3.28. The number of hydrogen-bond acceptors (Lipinski definition) is 4. The zero-order chi connectivity index (χ0) is 19.5. The molecule has 0 spiro atoms. The highest BCUT2D eigenvalue weighted by atomic mass is 35.5. The van der Waals surface area contributed by atoms with E-state index >= 15 is 0 Å². The van der Waals surface area contributed by atoms with Gasteiger partial charge in [-0.15, -0.1) is 0 Å². The van der Waals surface area contributed by atoms with Crippen LogP contribution in [0.3, 0.4) is 0 Å². The van der Waals surface area contributed by atoms with E-state index in [1.807, 2.05) is 42.5 Å². The van der Waals surface area contributed by atoms with E-state index in [2.05, 4.69) is 29.7 Å². The summed E-state index contributed by atoms with van der Waals surface area (Å²) in [5.74, 6) is 0.687. The summed E-state index contributed by atoms with van der Waals surface area (Å²) in [4.78, 5) is 12.5. The molecular formula is C22H19ClN2O3. The first-order valence-electron chi connectivity index (χ1n) is 8.92. The quantitative estimate of drug-likeness (QED) is 0.600. The Balaban J connectivity index is 1.42. The third-order valence-corrected chi connectivity index (χ3v) is 4.80. The summed E-state index contributed by atoms with van der Waals surface area (Å²) in [6.07, 6.45) is 0. The minimum absolute atomic E-state index is 0.107. The van der Waals surface area contributed by atoms with Crippen molar-refractivity contribution < 1.29 is 14.3 Å². The van der Waals surface area contributed by atoms with Crippen molar-refractivity contribution in [3.8, 4) is 11.5 Å². The smallest absolute Gasteiger partial charge is 0.255 e. The van der Waals surface area contributed by atoms with Gasteiger partial charge in [-0.1, -0.05) is 41.9 Å². The maximum atomic E-state index is 12.5. The lowest BCUT2D eigenvalue weighted by atomic mass is 10.1. The number of hydrogen-bond donors (Lipinski definition) is 2. The molecule has 3 aromatic rings. The lowest BCUT2D eigenvalue weighted by Gasteiger charge is -2.16. The Morgan fingerprint density at radius 1 is 1.00 bits per heavy atom. The van der Waals surface area contributed by atoms with E-state index in [9.17, 15) is 4.79 Å². The number of halogens is 1. The van der Waals surface area contributed by atoms with Crippen LogP contribution in [0.4, 0.5) is 11.4 Å². The van der Waals surface area contributed by atoms with Crippen LogP contribution in [0.25, 0.3) is 0 Å². The molecule has 0 saturated carbocycles. The first kappa shape index (κ1) is 18.2. The molecule has 6 heteroatoms. The van der Waals surface area contributed by atoms with Gasteiger partial charge in [0.05, 0.1) is 5.02 Å². The van der Waals surface area contributed by atoms with Crippen LogP contribution in [0.1, 0.15) is 28.9 Å². The molecule has 5 nitrogen and oxygen atoms in total. The van der Waals surface area contributed by atoms with Gasteiger partial charge in [-0.05, 0) is 48.9 Å². The van der Waals surface area contributed by atoms with Crippen molar-refractivity contribution >= 4 is 28.9 Å². The highest BCUT2D eigenvalue weighted by Crippen LogP contribution is 2.39. The molecule has 0 aliphatic carbocycles. The van der Waals surface area contributed by atoms with Gasteiger partial charge < -0.3 is 20.1 Å². The summed E-state index contributed by atoms with van der Waals surface area (Å²) in [5, 5.41) is 6.67. The van der Waals surface area contributed by atoms with Crippen LogP contribution >= 0.6 is 11.6 Å². The Labute approximate surface area is 168 Å². The summed E-state index contributed by atoms with van der Waals surface area (Å²) in [6, 6.07) is 21.2. The second kappa shape index (κ2) is 7.82. The van der Waals surface area contributed by atoms with Crippen LogP contribution in [-0.4, -0.2) is 12.7 Å². The third-order valence-electron chi connectivity index (χ3n) is 4.51. The maximum Gasteiger partial charge on any atom is 0.255 e. The van der Waals surface area contributed by atoms with E-state index in [1.54, 1.807) is 12.1 Å². The van der Waals surface area contributed by atoms with Crippen molar-refractivity contribution in [1.29, 1.82) is 0 Å². The van der Waals surface area contributed by atoms with Crippen molar-refractivity contribution in [2.45, 2.75) is 13.0 Å². The normalized spacial score (nSPS) is 13.1. The molecule has 0 aromatic heterocycles. The summed E-state index contributed by atoms with van der Waals surface area (Å²) in [6.45, 7) is 2.21. The largest absolute Gasteiger partial charge is 0.454 e. The Kier molecular flexibility index (Phi) is 5.08. The number of carbonyl (C=O) groups is 1. The molecule has 1 amide bonds. The van der Waals surface area contributed by atoms with E-state index in [0.29, 0.717) is 27.8 Å². The van der Waals surface area contributed by atoms with Gasteiger partial charge in [0.2, 0.25) is 6.79 Å². The van der Waals surface area contributed by atoms with Gasteiger partial charge in [0.15, 0.2) is 11.5 Å². The second-order valence-electron chi connectivity index (χ2n) is 6.50. The number of anilines is 2. The zero-order valence-electron chi connectivity index (χ0n) is 15.2. The van der Waals surface area contributed by atoms with Crippen molar-refractivity contribution in [1.82, 2.24) is 0 Å². The summed E-state index contributed by atoms with van der Waals surface area (Å²) in [7, 11) is 0. The minimum atomic E-state index is -0.265. The lowest BCUT2D eigenvalue weighted by Crippen LogP contribution is -2.12. The average Bonchev–Trinajstić information content (AvgIpc) is 3.19. The molecule has 142 valence electrons. The van der Waals surface area contributed by atoms with Crippen molar-refractivity contribution in [2.75, 3.05) is 17.4 Å². The fraction of sp³-hybridized carbons (Fsp3) is 0.136. The van der Waals surface area contributed by atoms with Gasteiger partial charge in [-0.25, -0.2) is 0 Å². The highest BCUT2D eigenvalue weighted by Gasteiger charge is 2.20. The molecule has 4 rings (SSSR count). The Morgan fingerprint density at radius 2 is 1.71 bits per heavy atom. The highest BCUT2D eigenvalue weighted by molar-refractivity contribution is 6.32. The molecule has 3 aromatic carbocycles. The van der Waals surface area contributed by atoms with E-state index in [1.165, 1.54) is 5.56 Å². The number of carbonyl (C=O) groups excluding carboxylic acids is 1. The van der Waals surface area contributed by atoms with Gasteiger partial charge in [0, 0.05) is 23.0 Å². The van der Waals surface area contributed by atoms with Gasteiger partial charge in [-0.3, -0.25) is 4.79 Å². The Bertz CT molecular complexity index is 991. The molecule has 0 fully saturated rings. The number of rotatable bonds is 5. The molecule has 0 saturated heterocycles. The minimum Gasteiger partial charge on any atom is -0.454 e. The van der Waals surface area contributed by atoms with E-state index in [-0.39, 0.29) is 18.7 Å². The third kappa shape index (κ3) is 3.89. The van der Waals surface area contributed by atoms with Crippen molar-refractivity contribution in [3.63, 3.8) is 0 Å². The number of nitrogens with one attached hydrogen (secondary N) is 2. The molecular weight excluding hydrogens is 376 g/mol. The van der Waals surface area contributed by atoms with Crippen molar-refractivity contribution in [2.24, 2.45) is 0 Å². The molecule has 1 unspecified atom stereocenters. The number of ether oxygens (including phenoxy) is 2. The molecule has 1 heterocycles. The Morgan fingerprint density at radius 3 is 2.46 bits per heavy atom. The summed E-state index contributed by atoms with van der Waals surface area (Å²) < 4.78 is 10.6. The molecule has 0 bridgehead atoms. The van der Waals surface area contributed by atoms with Crippen LogP contribution < -0.4 is 20.1 Å². The van der Waals surface area contributed by atoms with E-state index < -0.39 is 0 Å². The molecule has 28 heavy (non-hydrogen) atoms. The first-order chi connectivity index (χ1) is 13.6. The standard InChI is InChI=1S/C22H19ClN2O3/c1-14(15-5-3-2-4-6-15)24-17-7-9-18(10-8-17)25-22(26)16-11-19(23)21-20(12-16)27-13-28-21/h2-12,14,24H,13H2,1H3,(H,25,26). The van der Waals surface area contributed by atoms with Crippen LogP contribution in [0.15, 0.2) is 66.7 Å². The van der Waals surface area contributed by atoms with Gasteiger partial charge in [0.1, 0.15) is 0 Å². The zero-order valence-corrected chi connectivity index (χ0v) is 16.0. The lowest BCUT2D eigenvalue weighted by molar-refractivity contribution is 0.102. The van der Waals surface area contributed by atoms with Crippen LogP contribution in [0.5, 0.6) is 11.5 Å². The molecule has 1 atom stereocenters. The van der Waals surface area contributed by atoms with Gasteiger partial charge >= 0.3 is 0 Å². The SMILES string of the molecule is CC(Nc1ccc(NC(=O)c2cc(Cl)c3c(c2)OCO3)cc1)c1ccccc1. The monoisotopic (exact) mass is 394 g/mol. The van der Waals surface area contributed by atoms with E-state index in [4.69, 9.17) is 21.1 Å². The first-order valence-corrected chi connectivity index (χ1v) is 9.30. The average molecular weight is 395 g/mol. The fourth-order valence-corrected chi connectivity index (χ4v) is 3.29. The molecule has 1 aliphatic rings. The van der Waals surface area contributed by atoms with E-state index in [0.717, 1.165) is 5.69 Å². The molecule has 0 radical (unpaired) electrons. The molecule has 2 N–H and O–H groups in total. The van der Waals surface area contributed by atoms with Crippen LogP contribution in [-0.2, 0) is 0 Å². The van der Waals surface area contributed by atoms with Gasteiger partial charge in [-0.2, -0.15) is 0 Å². The summed E-state index contributed by atoms with van der Waals surface area (Å²) >= 11 is 6.15. The Hall–Kier alpha value is -3.18.